The van der Waals surface area contributed by atoms with E-state index in [-0.39, 0.29) is 0 Å². The number of hydrogen-bond donors (Lipinski definition) is 0. The lowest BCUT2D eigenvalue weighted by Gasteiger charge is -2.05. The molecule has 3 heteroatoms. The van der Waals surface area contributed by atoms with Crippen molar-refractivity contribution in [2.24, 2.45) is 0 Å². The largest absolute Gasteiger partial charge is 0.0890 e. The van der Waals surface area contributed by atoms with E-state index in [1.807, 2.05) is 12.1 Å². The zero-order valence-electron chi connectivity index (χ0n) is 9.41. The first-order chi connectivity index (χ1) is 8.19. The van der Waals surface area contributed by atoms with Crippen molar-refractivity contribution < 1.29 is 0 Å². The van der Waals surface area contributed by atoms with E-state index < -0.39 is 0 Å². The van der Waals surface area contributed by atoms with Gasteiger partial charge in [0.05, 0.1) is 0 Å². The number of rotatable bonds is 3. The molecule has 0 aliphatic carbocycles. The van der Waals surface area contributed by atoms with E-state index in [0.29, 0.717) is 0 Å². The van der Waals surface area contributed by atoms with E-state index in [2.05, 4.69) is 59.8 Å². The summed E-state index contributed by atoms with van der Waals surface area (Å²) in [7, 11) is 0. The van der Waals surface area contributed by atoms with Crippen LogP contribution in [-0.4, -0.2) is 0 Å². The Morgan fingerprint density at radius 1 is 1.12 bits per heavy atom. The Morgan fingerprint density at radius 2 is 1.82 bits per heavy atom. The van der Waals surface area contributed by atoms with Gasteiger partial charge in [0.25, 0.3) is 0 Å². The van der Waals surface area contributed by atoms with Crippen LogP contribution in [-0.2, 0) is 6.42 Å². The van der Waals surface area contributed by atoms with E-state index in [1.165, 1.54) is 18.9 Å². The lowest BCUT2D eigenvalue weighted by molar-refractivity contribution is 1.13. The fraction of sp³-hybridized carbons (Fsp3) is 0.143. The smallest absolute Gasteiger partial charge is 0.0417 e. The van der Waals surface area contributed by atoms with Crippen LogP contribution in [0.3, 0.4) is 0 Å². The van der Waals surface area contributed by atoms with Crippen LogP contribution in [0.5, 0.6) is 0 Å². The number of aryl methyl sites for hydroxylation is 1. The van der Waals surface area contributed by atoms with Gasteiger partial charge in [-0.15, -0.1) is 0 Å². The second-order valence-corrected chi connectivity index (χ2v) is 6.39. The average molecular weight is 375 g/mol. The average Bonchev–Trinajstić information content (AvgIpc) is 2.34. The standard InChI is InChI=1S/C14H12ClIS/c1-2-10-3-6-12(7-4-10)17-14-8-5-11(15)9-13(14)16/h3-9H,2H2,1H3. The summed E-state index contributed by atoms with van der Waals surface area (Å²) in [5, 5.41) is 0.792. The van der Waals surface area contributed by atoms with Crippen LogP contribution in [0, 0.1) is 3.57 Å². The first kappa shape index (κ1) is 13.2. The molecular weight excluding hydrogens is 363 g/mol. The minimum Gasteiger partial charge on any atom is -0.0890 e. The van der Waals surface area contributed by atoms with Gasteiger partial charge in [0, 0.05) is 18.4 Å². The maximum absolute atomic E-state index is 5.95. The normalized spacial score (nSPS) is 10.5. The minimum atomic E-state index is 0.792. The fourth-order valence-corrected chi connectivity index (χ4v) is 3.50. The quantitative estimate of drug-likeness (QED) is 0.625. The summed E-state index contributed by atoms with van der Waals surface area (Å²) in [6.45, 7) is 2.17. The van der Waals surface area contributed by atoms with Crippen molar-refractivity contribution in [3.05, 3.63) is 56.6 Å². The molecule has 0 aliphatic rings. The zero-order chi connectivity index (χ0) is 12.3. The summed E-state index contributed by atoms with van der Waals surface area (Å²) in [6, 6.07) is 14.7. The molecule has 2 aromatic carbocycles. The highest BCUT2D eigenvalue weighted by atomic mass is 127. The van der Waals surface area contributed by atoms with E-state index in [4.69, 9.17) is 11.6 Å². The molecule has 0 bridgehead atoms. The van der Waals surface area contributed by atoms with E-state index in [0.717, 1.165) is 11.4 Å². The highest BCUT2D eigenvalue weighted by molar-refractivity contribution is 14.1. The summed E-state index contributed by atoms with van der Waals surface area (Å²) in [5.41, 5.74) is 1.38. The van der Waals surface area contributed by atoms with Gasteiger partial charge in [-0.3, -0.25) is 0 Å². The third-order valence-corrected chi connectivity index (χ3v) is 5.03. The van der Waals surface area contributed by atoms with Gasteiger partial charge in [-0.25, -0.2) is 0 Å². The first-order valence-electron chi connectivity index (χ1n) is 5.41. The van der Waals surface area contributed by atoms with Crippen molar-refractivity contribution in [1.29, 1.82) is 0 Å². The molecule has 0 aromatic heterocycles. The molecule has 0 amide bonds. The molecule has 0 radical (unpaired) electrons. The third-order valence-electron chi connectivity index (χ3n) is 2.45. The Kier molecular flexibility index (Phi) is 4.77. The van der Waals surface area contributed by atoms with Crippen LogP contribution >= 0.6 is 46.0 Å². The third kappa shape index (κ3) is 3.63. The van der Waals surface area contributed by atoms with Gasteiger partial charge in [0.1, 0.15) is 0 Å². The Labute approximate surface area is 125 Å². The Balaban J connectivity index is 2.19. The fourth-order valence-electron chi connectivity index (χ4n) is 1.48. The summed E-state index contributed by atoms with van der Waals surface area (Å²) >= 11 is 10.0. The van der Waals surface area contributed by atoms with Gasteiger partial charge in [-0.05, 0) is 64.9 Å². The lowest BCUT2D eigenvalue weighted by Crippen LogP contribution is -1.81. The van der Waals surface area contributed by atoms with Gasteiger partial charge in [0.15, 0.2) is 0 Å². The van der Waals surface area contributed by atoms with Crippen LogP contribution in [0.4, 0.5) is 0 Å². The molecule has 0 fully saturated rings. The Morgan fingerprint density at radius 3 is 2.41 bits per heavy atom. The monoisotopic (exact) mass is 374 g/mol. The number of hydrogen-bond acceptors (Lipinski definition) is 1. The minimum absolute atomic E-state index is 0.792. The molecule has 0 nitrogen and oxygen atoms in total. The van der Waals surface area contributed by atoms with Gasteiger partial charge in [0.2, 0.25) is 0 Å². The molecule has 0 saturated carbocycles. The topological polar surface area (TPSA) is 0 Å². The predicted molar refractivity (Wildman–Crippen MR) is 84.1 cm³/mol. The maximum Gasteiger partial charge on any atom is 0.0417 e. The van der Waals surface area contributed by atoms with E-state index >= 15 is 0 Å². The van der Waals surface area contributed by atoms with Crippen molar-refractivity contribution >= 4 is 46.0 Å². The number of halogens is 2. The molecule has 2 rings (SSSR count). The first-order valence-corrected chi connectivity index (χ1v) is 7.68. The maximum atomic E-state index is 5.95. The highest BCUT2D eigenvalue weighted by Gasteiger charge is 2.03. The van der Waals surface area contributed by atoms with Crippen LogP contribution < -0.4 is 0 Å². The van der Waals surface area contributed by atoms with Crippen LogP contribution in [0.15, 0.2) is 52.3 Å². The molecular formula is C14H12ClIS. The molecule has 0 spiro atoms. The van der Waals surface area contributed by atoms with Gasteiger partial charge >= 0.3 is 0 Å². The predicted octanol–water partition coefficient (Wildman–Crippen LogP) is 5.66. The molecule has 88 valence electrons. The highest BCUT2D eigenvalue weighted by Crippen LogP contribution is 2.32. The van der Waals surface area contributed by atoms with Crippen LogP contribution in [0.2, 0.25) is 5.02 Å². The van der Waals surface area contributed by atoms with Crippen LogP contribution in [0.25, 0.3) is 0 Å². The molecule has 0 saturated heterocycles. The molecule has 0 atom stereocenters. The van der Waals surface area contributed by atoms with Crippen molar-refractivity contribution in [3.8, 4) is 0 Å². The number of benzene rings is 2. The van der Waals surface area contributed by atoms with E-state index in [9.17, 15) is 0 Å². The van der Waals surface area contributed by atoms with Gasteiger partial charge in [-0.1, -0.05) is 42.4 Å². The van der Waals surface area contributed by atoms with Gasteiger partial charge in [-0.2, -0.15) is 0 Å². The van der Waals surface area contributed by atoms with Crippen molar-refractivity contribution in [3.63, 3.8) is 0 Å². The van der Waals surface area contributed by atoms with Crippen molar-refractivity contribution in [2.75, 3.05) is 0 Å². The second kappa shape index (κ2) is 6.12. The van der Waals surface area contributed by atoms with Crippen molar-refractivity contribution in [1.82, 2.24) is 0 Å². The summed E-state index contributed by atoms with van der Waals surface area (Å²) in [4.78, 5) is 2.52. The summed E-state index contributed by atoms with van der Waals surface area (Å²) in [6.07, 6.45) is 1.09. The molecule has 0 aliphatic heterocycles. The molecule has 2 aromatic rings. The van der Waals surface area contributed by atoms with Crippen molar-refractivity contribution in [2.45, 2.75) is 23.1 Å². The zero-order valence-corrected chi connectivity index (χ0v) is 13.1. The summed E-state index contributed by atoms with van der Waals surface area (Å²) < 4.78 is 1.19. The second-order valence-electron chi connectivity index (χ2n) is 3.67. The molecule has 0 heterocycles. The SMILES string of the molecule is CCc1ccc(Sc2ccc(Cl)cc2I)cc1. The van der Waals surface area contributed by atoms with Crippen LogP contribution in [0.1, 0.15) is 12.5 Å². The van der Waals surface area contributed by atoms with Gasteiger partial charge < -0.3 is 0 Å². The molecule has 0 unspecified atom stereocenters. The Hall–Kier alpha value is -0.190. The molecule has 0 N–H and O–H groups in total. The Bertz CT molecular complexity index is 508. The lowest BCUT2D eigenvalue weighted by atomic mass is 10.2. The summed E-state index contributed by atoms with van der Waals surface area (Å²) in [5.74, 6) is 0. The van der Waals surface area contributed by atoms with E-state index in [1.54, 1.807) is 11.8 Å². The molecule has 17 heavy (non-hydrogen) atoms.